The Kier molecular flexibility index (Phi) is 4.39. The Hall–Kier alpha value is -1.88. The summed E-state index contributed by atoms with van der Waals surface area (Å²) < 4.78 is 7.52. The Morgan fingerprint density at radius 3 is 2.80 bits per heavy atom. The zero-order chi connectivity index (χ0) is 14.7. The molecule has 0 radical (unpaired) electrons. The maximum Gasteiger partial charge on any atom is 0.335 e. The van der Waals surface area contributed by atoms with Gasteiger partial charge in [0.15, 0.2) is 0 Å². The second-order valence-electron chi connectivity index (χ2n) is 4.98. The molecule has 0 fully saturated rings. The van der Waals surface area contributed by atoms with E-state index in [4.69, 9.17) is 9.84 Å². The van der Waals surface area contributed by atoms with Crippen LogP contribution in [0.3, 0.4) is 0 Å². The summed E-state index contributed by atoms with van der Waals surface area (Å²) in [6.45, 7) is 8.17. The fourth-order valence-electron chi connectivity index (χ4n) is 2.26. The molecule has 1 aromatic carbocycles. The van der Waals surface area contributed by atoms with Crippen LogP contribution >= 0.6 is 0 Å². The van der Waals surface area contributed by atoms with Gasteiger partial charge in [0, 0.05) is 19.1 Å². The van der Waals surface area contributed by atoms with Gasteiger partial charge < -0.3 is 14.4 Å². The zero-order valence-electron chi connectivity index (χ0n) is 12.1. The summed E-state index contributed by atoms with van der Waals surface area (Å²) in [6, 6.07) is 5.07. The van der Waals surface area contributed by atoms with Crippen LogP contribution < -0.4 is 0 Å². The zero-order valence-corrected chi connectivity index (χ0v) is 12.1. The van der Waals surface area contributed by atoms with Gasteiger partial charge in [-0.1, -0.05) is 13.8 Å². The third kappa shape index (κ3) is 2.82. The summed E-state index contributed by atoms with van der Waals surface area (Å²) in [6.07, 6.45) is 0. The van der Waals surface area contributed by atoms with Gasteiger partial charge >= 0.3 is 5.97 Å². The highest BCUT2D eigenvalue weighted by Crippen LogP contribution is 2.23. The largest absolute Gasteiger partial charge is 0.478 e. The Morgan fingerprint density at radius 1 is 1.45 bits per heavy atom. The van der Waals surface area contributed by atoms with E-state index >= 15 is 0 Å². The molecule has 20 heavy (non-hydrogen) atoms. The minimum atomic E-state index is -0.929. The average Bonchev–Trinajstić information content (AvgIpc) is 2.77. The Morgan fingerprint density at radius 2 is 2.20 bits per heavy atom. The number of hydrogen-bond donors (Lipinski definition) is 1. The first-order valence-corrected chi connectivity index (χ1v) is 6.85. The van der Waals surface area contributed by atoms with Crippen LogP contribution in [0, 0.1) is 0 Å². The Bertz CT molecular complexity index is 617. The number of benzene rings is 1. The standard InChI is InChI=1S/C15H20N2O3/c1-4-20-8-7-17-13-6-5-11(15(18)19)9-12(13)16-14(17)10(2)3/h5-6,9-10H,4,7-8H2,1-3H3,(H,18,19). The number of rotatable bonds is 6. The van der Waals surface area contributed by atoms with Crippen LogP contribution in [0.15, 0.2) is 18.2 Å². The van der Waals surface area contributed by atoms with Gasteiger partial charge in [-0.2, -0.15) is 0 Å². The van der Waals surface area contributed by atoms with E-state index in [1.54, 1.807) is 12.1 Å². The highest BCUT2D eigenvalue weighted by molar-refractivity contribution is 5.92. The van der Waals surface area contributed by atoms with Crippen molar-refractivity contribution in [1.82, 2.24) is 9.55 Å². The summed E-state index contributed by atoms with van der Waals surface area (Å²) in [7, 11) is 0. The topological polar surface area (TPSA) is 64.4 Å². The molecule has 0 amide bonds. The van der Waals surface area contributed by atoms with E-state index in [9.17, 15) is 4.79 Å². The number of carboxylic acids is 1. The van der Waals surface area contributed by atoms with Crippen molar-refractivity contribution in [3.8, 4) is 0 Å². The van der Waals surface area contributed by atoms with Crippen molar-refractivity contribution in [2.45, 2.75) is 33.2 Å². The van der Waals surface area contributed by atoms with Crippen LogP contribution in [0.25, 0.3) is 11.0 Å². The average molecular weight is 276 g/mol. The van der Waals surface area contributed by atoms with Crippen molar-refractivity contribution in [3.05, 3.63) is 29.6 Å². The second kappa shape index (κ2) is 6.05. The predicted molar refractivity (Wildman–Crippen MR) is 77.3 cm³/mol. The summed E-state index contributed by atoms with van der Waals surface area (Å²) in [5.41, 5.74) is 1.95. The lowest BCUT2D eigenvalue weighted by Gasteiger charge is -2.11. The first-order chi connectivity index (χ1) is 9.54. The molecule has 1 aromatic heterocycles. The molecule has 0 spiro atoms. The van der Waals surface area contributed by atoms with Gasteiger partial charge in [-0.3, -0.25) is 0 Å². The van der Waals surface area contributed by atoms with Crippen molar-refractivity contribution >= 4 is 17.0 Å². The number of carbonyl (C=O) groups is 1. The van der Waals surface area contributed by atoms with Crippen LogP contribution in [0.5, 0.6) is 0 Å². The maximum absolute atomic E-state index is 11.0. The van der Waals surface area contributed by atoms with Crippen LogP contribution in [0.2, 0.25) is 0 Å². The molecular formula is C15H20N2O3. The van der Waals surface area contributed by atoms with Crippen LogP contribution in [0.1, 0.15) is 42.9 Å². The quantitative estimate of drug-likeness (QED) is 0.824. The van der Waals surface area contributed by atoms with Crippen molar-refractivity contribution in [3.63, 3.8) is 0 Å². The second-order valence-corrected chi connectivity index (χ2v) is 4.98. The van der Waals surface area contributed by atoms with E-state index in [1.807, 2.05) is 13.0 Å². The number of nitrogens with zero attached hydrogens (tertiary/aromatic N) is 2. The van der Waals surface area contributed by atoms with Crippen LogP contribution in [0.4, 0.5) is 0 Å². The van der Waals surface area contributed by atoms with Crippen LogP contribution in [-0.4, -0.2) is 33.8 Å². The summed E-state index contributed by atoms with van der Waals surface area (Å²) in [5.74, 6) is 0.307. The van der Waals surface area contributed by atoms with Gasteiger partial charge in [0.1, 0.15) is 5.82 Å². The third-order valence-corrected chi connectivity index (χ3v) is 3.20. The molecule has 0 unspecified atom stereocenters. The third-order valence-electron chi connectivity index (χ3n) is 3.20. The monoisotopic (exact) mass is 276 g/mol. The summed E-state index contributed by atoms with van der Waals surface area (Å²) in [5, 5.41) is 9.05. The van der Waals surface area contributed by atoms with E-state index in [0.717, 1.165) is 23.4 Å². The molecule has 5 heteroatoms. The van der Waals surface area contributed by atoms with Crippen LogP contribution in [-0.2, 0) is 11.3 Å². The fraction of sp³-hybridized carbons (Fsp3) is 0.467. The van der Waals surface area contributed by atoms with Gasteiger partial charge in [-0.05, 0) is 25.1 Å². The lowest BCUT2D eigenvalue weighted by Crippen LogP contribution is -2.10. The number of aromatic nitrogens is 2. The molecule has 0 saturated heterocycles. The molecule has 108 valence electrons. The molecule has 0 atom stereocenters. The summed E-state index contributed by atoms with van der Waals surface area (Å²) >= 11 is 0. The van der Waals surface area contributed by atoms with E-state index in [-0.39, 0.29) is 11.5 Å². The maximum atomic E-state index is 11.0. The number of fused-ring (bicyclic) bond motifs is 1. The highest BCUT2D eigenvalue weighted by atomic mass is 16.5. The number of aromatic carboxylic acids is 1. The smallest absolute Gasteiger partial charge is 0.335 e. The molecule has 1 heterocycles. The Labute approximate surface area is 118 Å². The number of imidazole rings is 1. The van der Waals surface area contributed by atoms with E-state index in [1.165, 1.54) is 0 Å². The van der Waals surface area contributed by atoms with E-state index in [2.05, 4.69) is 23.4 Å². The lowest BCUT2D eigenvalue weighted by molar-refractivity contribution is 0.0697. The van der Waals surface area contributed by atoms with Gasteiger partial charge in [-0.15, -0.1) is 0 Å². The molecule has 1 N–H and O–H groups in total. The molecule has 0 aliphatic heterocycles. The molecule has 0 bridgehead atoms. The Balaban J connectivity index is 2.46. The minimum Gasteiger partial charge on any atom is -0.478 e. The first-order valence-electron chi connectivity index (χ1n) is 6.85. The normalized spacial score (nSPS) is 11.4. The highest BCUT2D eigenvalue weighted by Gasteiger charge is 2.15. The van der Waals surface area contributed by atoms with Gasteiger partial charge in [0.2, 0.25) is 0 Å². The molecular weight excluding hydrogens is 256 g/mol. The van der Waals surface area contributed by atoms with Gasteiger partial charge in [-0.25, -0.2) is 9.78 Å². The molecule has 2 rings (SSSR count). The molecule has 2 aromatic rings. The number of carboxylic acid groups (broad SMARTS) is 1. The van der Waals surface area contributed by atoms with E-state index in [0.29, 0.717) is 13.2 Å². The van der Waals surface area contributed by atoms with Gasteiger partial charge in [0.05, 0.1) is 23.2 Å². The predicted octanol–water partition coefficient (Wildman–Crippen LogP) is 2.89. The van der Waals surface area contributed by atoms with E-state index < -0.39 is 5.97 Å². The van der Waals surface area contributed by atoms with Crippen molar-refractivity contribution in [2.24, 2.45) is 0 Å². The molecule has 0 saturated carbocycles. The van der Waals surface area contributed by atoms with Crippen molar-refractivity contribution in [1.29, 1.82) is 0 Å². The summed E-state index contributed by atoms with van der Waals surface area (Å²) in [4.78, 5) is 15.6. The first kappa shape index (κ1) is 14.5. The lowest BCUT2D eigenvalue weighted by atomic mass is 10.2. The number of hydrogen-bond acceptors (Lipinski definition) is 3. The number of ether oxygens (including phenoxy) is 1. The fourth-order valence-corrected chi connectivity index (χ4v) is 2.26. The minimum absolute atomic E-state index is 0.266. The molecule has 5 nitrogen and oxygen atoms in total. The van der Waals surface area contributed by atoms with Crippen molar-refractivity contribution < 1.29 is 14.6 Å². The van der Waals surface area contributed by atoms with Gasteiger partial charge in [0.25, 0.3) is 0 Å². The van der Waals surface area contributed by atoms with Crippen molar-refractivity contribution in [2.75, 3.05) is 13.2 Å². The molecule has 0 aliphatic carbocycles. The SMILES string of the molecule is CCOCCn1c(C(C)C)nc2cc(C(=O)O)ccc21. The molecule has 0 aliphatic rings.